The van der Waals surface area contributed by atoms with Crippen LogP contribution in [0, 0.1) is 23.0 Å². The Morgan fingerprint density at radius 1 is 1.50 bits per heavy atom. The lowest BCUT2D eigenvalue weighted by molar-refractivity contribution is 0.309. The van der Waals surface area contributed by atoms with Gasteiger partial charge in [0.15, 0.2) is 0 Å². The lowest BCUT2D eigenvalue weighted by Gasteiger charge is -2.36. The van der Waals surface area contributed by atoms with Crippen molar-refractivity contribution in [2.45, 2.75) is 48.3 Å². The molecule has 1 aromatic carbocycles. The van der Waals surface area contributed by atoms with Crippen LogP contribution in [-0.4, -0.2) is 17.3 Å². The van der Waals surface area contributed by atoms with Crippen molar-refractivity contribution in [3.63, 3.8) is 0 Å². The molecule has 108 valence electrons. The molecule has 1 saturated carbocycles. The van der Waals surface area contributed by atoms with Crippen molar-refractivity contribution in [2.75, 3.05) is 6.54 Å². The van der Waals surface area contributed by atoms with Gasteiger partial charge >= 0.3 is 0 Å². The molecule has 0 heterocycles. The molecule has 5 heteroatoms. The molecule has 1 N–H and O–H groups in total. The Bertz CT molecular complexity index is 511. The standard InChI is InChI=1S/C15H18F2N2S/c1-2-19-15(10-18)7-3-4-12(9-15)20-14-6-5-11(16)8-13(14)17/h5-6,8,12,19H,2-4,7,9H2,1H3. The van der Waals surface area contributed by atoms with Crippen LogP contribution in [0.2, 0.25) is 0 Å². The van der Waals surface area contributed by atoms with Crippen molar-refractivity contribution in [1.29, 1.82) is 5.26 Å². The van der Waals surface area contributed by atoms with Crippen LogP contribution in [0.3, 0.4) is 0 Å². The highest BCUT2D eigenvalue weighted by Crippen LogP contribution is 2.39. The molecule has 2 nitrogen and oxygen atoms in total. The molecule has 1 aromatic rings. The van der Waals surface area contributed by atoms with Crippen LogP contribution in [0.4, 0.5) is 8.78 Å². The Balaban J connectivity index is 2.08. The van der Waals surface area contributed by atoms with Crippen LogP contribution in [0.15, 0.2) is 23.1 Å². The first-order valence-corrected chi connectivity index (χ1v) is 7.74. The van der Waals surface area contributed by atoms with E-state index >= 15 is 0 Å². The molecule has 0 saturated heterocycles. The van der Waals surface area contributed by atoms with Gasteiger partial charge in [-0.2, -0.15) is 5.26 Å². The molecule has 1 fully saturated rings. The molecule has 2 unspecified atom stereocenters. The normalized spacial score (nSPS) is 26.2. The summed E-state index contributed by atoms with van der Waals surface area (Å²) in [6, 6.07) is 6.04. The number of benzene rings is 1. The van der Waals surface area contributed by atoms with Gasteiger partial charge < -0.3 is 0 Å². The van der Waals surface area contributed by atoms with Gasteiger partial charge in [-0.05, 0) is 44.4 Å². The second-order valence-corrected chi connectivity index (χ2v) is 6.48. The maximum Gasteiger partial charge on any atom is 0.139 e. The van der Waals surface area contributed by atoms with Crippen molar-refractivity contribution in [3.8, 4) is 6.07 Å². The summed E-state index contributed by atoms with van der Waals surface area (Å²) in [4.78, 5) is 0.460. The van der Waals surface area contributed by atoms with E-state index in [1.165, 1.54) is 23.9 Å². The number of hydrogen-bond donors (Lipinski definition) is 1. The lowest BCUT2D eigenvalue weighted by atomic mass is 9.82. The van der Waals surface area contributed by atoms with E-state index < -0.39 is 17.2 Å². The van der Waals surface area contributed by atoms with Crippen molar-refractivity contribution in [3.05, 3.63) is 29.8 Å². The van der Waals surface area contributed by atoms with Crippen LogP contribution < -0.4 is 5.32 Å². The van der Waals surface area contributed by atoms with E-state index in [1.807, 2.05) is 6.92 Å². The number of nitriles is 1. The van der Waals surface area contributed by atoms with Gasteiger partial charge in [-0.1, -0.05) is 6.92 Å². The second-order valence-electron chi connectivity index (χ2n) is 5.14. The summed E-state index contributed by atoms with van der Waals surface area (Å²) in [7, 11) is 0. The van der Waals surface area contributed by atoms with Gasteiger partial charge in [0.1, 0.15) is 17.2 Å². The minimum Gasteiger partial charge on any atom is -0.300 e. The van der Waals surface area contributed by atoms with Gasteiger partial charge in [0.25, 0.3) is 0 Å². The maximum atomic E-state index is 13.7. The first-order chi connectivity index (χ1) is 9.58. The third kappa shape index (κ3) is 3.50. The summed E-state index contributed by atoms with van der Waals surface area (Å²) < 4.78 is 26.6. The first-order valence-electron chi connectivity index (χ1n) is 6.86. The van der Waals surface area contributed by atoms with E-state index in [4.69, 9.17) is 0 Å². The number of halogens is 2. The summed E-state index contributed by atoms with van der Waals surface area (Å²) >= 11 is 1.41. The van der Waals surface area contributed by atoms with E-state index in [0.29, 0.717) is 11.3 Å². The van der Waals surface area contributed by atoms with Crippen LogP contribution in [0.1, 0.15) is 32.6 Å². The van der Waals surface area contributed by atoms with Gasteiger partial charge in [0.05, 0.1) is 6.07 Å². The van der Waals surface area contributed by atoms with E-state index in [9.17, 15) is 14.0 Å². The van der Waals surface area contributed by atoms with E-state index in [2.05, 4.69) is 11.4 Å². The number of rotatable bonds is 4. The molecule has 0 amide bonds. The van der Waals surface area contributed by atoms with Crippen molar-refractivity contribution in [2.24, 2.45) is 0 Å². The molecule has 1 aliphatic carbocycles. The van der Waals surface area contributed by atoms with Crippen LogP contribution >= 0.6 is 11.8 Å². The zero-order valence-corrected chi connectivity index (χ0v) is 12.3. The predicted octanol–water partition coefficient (Wildman–Crippen LogP) is 3.87. The molecule has 0 bridgehead atoms. The molecule has 20 heavy (non-hydrogen) atoms. The van der Waals surface area contributed by atoms with E-state index in [-0.39, 0.29) is 5.25 Å². The summed E-state index contributed by atoms with van der Waals surface area (Å²) in [5.74, 6) is -1.08. The van der Waals surface area contributed by atoms with Gasteiger partial charge in [0.2, 0.25) is 0 Å². The van der Waals surface area contributed by atoms with Crippen LogP contribution in [0.25, 0.3) is 0 Å². The van der Waals surface area contributed by atoms with Gasteiger partial charge in [-0.15, -0.1) is 11.8 Å². The summed E-state index contributed by atoms with van der Waals surface area (Å²) in [5.41, 5.74) is -0.499. The van der Waals surface area contributed by atoms with Crippen LogP contribution in [-0.2, 0) is 0 Å². The maximum absolute atomic E-state index is 13.7. The molecule has 0 spiro atoms. The Kier molecular flexibility index (Phi) is 5.00. The molecule has 2 atom stereocenters. The van der Waals surface area contributed by atoms with Gasteiger partial charge in [-0.25, -0.2) is 8.78 Å². The fourth-order valence-corrected chi connectivity index (χ4v) is 4.04. The monoisotopic (exact) mass is 296 g/mol. The second kappa shape index (κ2) is 6.55. The minimum atomic E-state index is -0.561. The number of nitrogens with zero attached hydrogens (tertiary/aromatic N) is 1. The highest BCUT2D eigenvalue weighted by atomic mass is 32.2. The predicted molar refractivity (Wildman–Crippen MR) is 76.5 cm³/mol. The first kappa shape index (κ1) is 15.3. The number of nitrogens with one attached hydrogen (secondary N) is 1. The molecular weight excluding hydrogens is 278 g/mol. The largest absolute Gasteiger partial charge is 0.300 e. The Hall–Kier alpha value is -1.12. The molecule has 0 aliphatic heterocycles. The van der Waals surface area contributed by atoms with Crippen molar-refractivity contribution < 1.29 is 8.78 Å². The zero-order valence-electron chi connectivity index (χ0n) is 11.5. The molecule has 0 aromatic heterocycles. The highest BCUT2D eigenvalue weighted by molar-refractivity contribution is 8.00. The highest BCUT2D eigenvalue weighted by Gasteiger charge is 2.36. The smallest absolute Gasteiger partial charge is 0.139 e. The molecule has 1 aliphatic rings. The minimum absolute atomic E-state index is 0.183. The van der Waals surface area contributed by atoms with Crippen molar-refractivity contribution >= 4 is 11.8 Å². The Morgan fingerprint density at radius 3 is 2.95 bits per heavy atom. The Labute approximate surface area is 122 Å². The summed E-state index contributed by atoms with van der Waals surface area (Å²) in [5, 5.41) is 12.8. The number of thioether (sulfide) groups is 1. The molecular formula is C15H18F2N2S. The van der Waals surface area contributed by atoms with E-state index in [0.717, 1.165) is 31.9 Å². The molecule has 0 radical (unpaired) electrons. The summed E-state index contributed by atoms with van der Waals surface area (Å²) in [6.07, 6.45) is 3.43. The lowest BCUT2D eigenvalue weighted by Crippen LogP contribution is -2.48. The number of hydrogen-bond acceptors (Lipinski definition) is 3. The fourth-order valence-electron chi connectivity index (χ4n) is 2.72. The van der Waals surface area contributed by atoms with Crippen LogP contribution in [0.5, 0.6) is 0 Å². The van der Waals surface area contributed by atoms with Crippen molar-refractivity contribution in [1.82, 2.24) is 5.32 Å². The quantitative estimate of drug-likeness (QED) is 0.916. The average Bonchev–Trinajstić information content (AvgIpc) is 2.43. The topological polar surface area (TPSA) is 35.8 Å². The SMILES string of the molecule is CCNC1(C#N)CCCC(Sc2ccc(F)cc2F)C1. The third-order valence-corrected chi connectivity index (χ3v) is 4.94. The zero-order chi connectivity index (χ0) is 14.6. The summed E-state index contributed by atoms with van der Waals surface area (Å²) in [6.45, 7) is 2.73. The third-order valence-electron chi connectivity index (χ3n) is 3.62. The van der Waals surface area contributed by atoms with Gasteiger partial charge in [-0.3, -0.25) is 5.32 Å². The van der Waals surface area contributed by atoms with E-state index in [1.54, 1.807) is 0 Å². The Morgan fingerprint density at radius 2 is 2.30 bits per heavy atom. The average molecular weight is 296 g/mol. The molecule has 2 rings (SSSR count). The van der Waals surface area contributed by atoms with Gasteiger partial charge in [0, 0.05) is 16.2 Å². The fraction of sp³-hybridized carbons (Fsp3) is 0.533.